The topological polar surface area (TPSA) is 84.3 Å². The summed E-state index contributed by atoms with van der Waals surface area (Å²) in [6, 6.07) is 11.9. The quantitative estimate of drug-likeness (QED) is 0.666. The van der Waals surface area contributed by atoms with Gasteiger partial charge in [-0.15, -0.1) is 0 Å². The number of carbonyl (C=O) groups is 1. The Morgan fingerprint density at radius 1 is 1.18 bits per heavy atom. The molecule has 1 aromatic heterocycles. The van der Waals surface area contributed by atoms with Crippen molar-refractivity contribution in [2.75, 3.05) is 12.4 Å². The molecule has 0 saturated heterocycles. The third kappa shape index (κ3) is 4.30. The Balaban J connectivity index is 2.05. The number of fused-ring (bicyclic) bond motifs is 1. The third-order valence-corrected chi connectivity index (χ3v) is 4.05. The van der Waals surface area contributed by atoms with Gasteiger partial charge in [0, 0.05) is 17.9 Å². The molecule has 28 heavy (non-hydrogen) atoms. The lowest BCUT2D eigenvalue weighted by Gasteiger charge is -2.18. The van der Waals surface area contributed by atoms with Crippen LogP contribution in [0.15, 0.2) is 48.5 Å². The number of alkyl halides is 3. The Labute approximate surface area is 158 Å². The predicted molar refractivity (Wildman–Crippen MR) is 96.3 cm³/mol. The van der Waals surface area contributed by atoms with Crippen molar-refractivity contribution in [2.24, 2.45) is 0 Å². The normalized spacial score (nSPS) is 12.6. The molecule has 0 spiro atoms. The van der Waals surface area contributed by atoms with Crippen molar-refractivity contribution in [3.05, 3.63) is 59.9 Å². The fraction of sp³-hybridized carbons (Fsp3) is 0.211. The van der Waals surface area contributed by atoms with E-state index in [0.29, 0.717) is 5.75 Å². The number of rotatable bonds is 6. The van der Waals surface area contributed by atoms with Crippen LogP contribution in [0.3, 0.4) is 0 Å². The van der Waals surface area contributed by atoms with E-state index in [1.807, 2.05) is 0 Å². The Bertz CT molecular complexity index is 994. The Kier molecular flexibility index (Phi) is 5.34. The minimum Gasteiger partial charge on any atom is -0.497 e. The summed E-state index contributed by atoms with van der Waals surface area (Å²) in [6.07, 6.45) is -4.72. The van der Waals surface area contributed by atoms with Gasteiger partial charge >= 0.3 is 12.1 Å². The Hall–Kier alpha value is -3.36. The summed E-state index contributed by atoms with van der Waals surface area (Å²) in [5.41, 5.74) is 0.714. The molecule has 0 radical (unpaired) electrons. The first kappa shape index (κ1) is 19.4. The summed E-state index contributed by atoms with van der Waals surface area (Å²) in [5.74, 6) is -2.45. The van der Waals surface area contributed by atoms with E-state index < -0.39 is 24.0 Å². The first-order valence-corrected chi connectivity index (χ1v) is 8.24. The van der Waals surface area contributed by atoms with Crippen LogP contribution in [0.25, 0.3) is 10.9 Å². The molecule has 9 heteroatoms. The van der Waals surface area contributed by atoms with Gasteiger partial charge in [0.15, 0.2) is 0 Å². The Morgan fingerprint density at radius 3 is 2.50 bits per heavy atom. The molecule has 3 rings (SSSR count). The molecular weight excluding hydrogens is 375 g/mol. The number of aliphatic carboxylic acids is 1. The summed E-state index contributed by atoms with van der Waals surface area (Å²) >= 11 is 0. The van der Waals surface area contributed by atoms with Crippen LogP contribution in [-0.2, 0) is 17.4 Å². The number of hydrogen-bond acceptors (Lipinski definition) is 5. The molecule has 0 bridgehead atoms. The summed E-state index contributed by atoms with van der Waals surface area (Å²) in [6.45, 7) is 0. The molecular formula is C19H16F3N3O3. The largest absolute Gasteiger partial charge is 0.497 e. The van der Waals surface area contributed by atoms with Crippen LogP contribution in [0.4, 0.5) is 19.0 Å². The highest BCUT2D eigenvalue weighted by atomic mass is 19.4. The minimum atomic E-state index is -4.79. The third-order valence-electron chi connectivity index (χ3n) is 4.05. The molecule has 1 heterocycles. The van der Waals surface area contributed by atoms with Crippen LogP contribution in [0.5, 0.6) is 5.75 Å². The average molecular weight is 391 g/mol. The summed E-state index contributed by atoms with van der Waals surface area (Å²) in [7, 11) is 1.38. The Morgan fingerprint density at radius 2 is 1.89 bits per heavy atom. The summed E-state index contributed by atoms with van der Waals surface area (Å²) in [5, 5.41) is 12.4. The van der Waals surface area contributed by atoms with Gasteiger partial charge in [-0.05, 0) is 17.7 Å². The van der Waals surface area contributed by atoms with Gasteiger partial charge in [-0.25, -0.2) is 14.8 Å². The number of ether oxygens (including phenoxy) is 1. The zero-order chi connectivity index (χ0) is 20.3. The molecule has 2 N–H and O–H groups in total. The van der Waals surface area contributed by atoms with Gasteiger partial charge in [0.05, 0.1) is 12.6 Å². The van der Waals surface area contributed by atoms with Crippen LogP contribution in [0.2, 0.25) is 0 Å². The van der Waals surface area contributed by atoms with E-state index in [0.717, 1.165) is 5.56 Å². The van der Waals surface area contributed by atoms with Crippen LogP contribution in [-0.4, -0.2) is 34.2 Å². The first-order chi connectivity index (χ1) is 13.3. The maximum Gasteiger partial charge on any atom is 0.451 e. The van der Waals surface area contributed by atoms with Crippen molar-refractivity contribution in [3.8, 4) is 5.75 Å². The molecule has 0 amide bonds. The van der Waals surface area contributed by atoms with Gasteiger partial charge in [-0.1, -0.05) is 30.3 Å². The minimum absolute atomic E-state index is 0.00646. The molecule has 0 saturated carbocycles. The molecule has 2 aromatic carbocycles. The molecule has 0 aliphatic heterocycles. The zero-order valence-electron chi connectivity index (χ0n) is 14.7. The van der Waals surface area contributed by atoms with Crippen molar-refractivity contribution < 1.29 is 27.8 Å². The van der Waals surface area contributed by atoms with Crippen molar-refractivity contribution in [1.29, 1.82) is 0 Å². The van der Waals surface area contributed by atoms with E-state index in [4.69, 9.17) is 4.74 Å². The molecule has 1 atom stereocenters. The molecule has 6 nitrogen and oxygen atoms in total. The van der Waals surface area contributed by atoms with Crippen LogP contribution < -0.4 is 10.1 Å². The lowest BCUT2D eigenvalue weighted by Crippen LogP contribution is -2.32. The van der Waals surface area contributed by atoms with Crippen LogP contribution >= 0.6 is 0 Å². The molecule has 0 fully saturated rings. The number of nitrogens with one attached hydrogen (secondary N) is 1. The lowest BCUT2D eigenvalue weighted by atomic mass is 10.1. The molecule has 0 aliphatic rings. The van der Waals surface area contributed by atoms with Crippen molar-refractivity contribution >= 4 is 22.7 Å². The van der Waals surface area contributed by atoms with Crippen LogP contribution in [0, 0.1) is 0 Å². The number of anilines is 1. The van der Waals surface area contributed by atoms with Crippen molar-refractivity contribution in [3.63, 3.8) is 0 Å². The maximum absolute atomic E-state index is 13.2. The molecule has 1 unspecified atom stereocenters. The number of hydrogen-bond donors (Lipinski definition) is 2. The zero-order valence-corrected chi connectivity index (χ0v) is 14.7. The highest BCUT2D eigenvalue weighted by Gasteiger charge is 2.36. The van der Waals surface area contributed by atoms with Gasteiger partial charge in [0.25, 0.3) is 0 Å². The van der Waals surface area contributed by atoms with Gasteiger partial charge in [0.2, 0.25) is 5.82 Å². The van der Waals surface area contributed by atoms with Crippen molar-refractivity contribution in [1.82, 2.24) is 9.97 Å². The highest BCUT2D eigenvalue weighted by molar-refractivity contribution is 5.91. The standard InChI is InChI=1S/C19H16F3N3O3/c1-28-12-7-8-13-14(10-12)24-18(19(20,21)22)25-16(13)23-15(17(26)27)9-11-5-3-2-4-6-11/h2-8,10,15H,9H2,1H3,(H,26,27)(H,23,24,25). The maximum atomic E-state index is 13.2. The van der Waals surface area contributed by atoms with Crippen molar-refractivity contribution in [2.45, 2.75) is 18.6 Å². The number of aromatic nitrogens is 2. The molecule has 3 aromatic rings. The van der Waals surface area contributed by atoms with Gasteiger partial charge < -0.3 is 15.2 Å². The van der Waals surface area contributed by atoms with Crippen LogP contribution in [0.1, 0.15) is 11.4 Å². The predicted octanol–water partition coefficient (Wildman–Crippen LogP) is 3.77. The van der Waals surface area contributed by atoms with E-state index in [1.165, 1.54) is 25.3 Å². The number of halogens is 3. The lowest BCUT2D eigenvalue weighted by molar-refractivity contribution is -0.144. The fourth-order valence-electron chi connectivity index (χ4n) is 2.69. The van der Waals surface area contributed by atoms with E-state index >= 15 is 0 Å². The second-order valence-electron chi connectivity index (χ2n) is 6.00. The monoisotopic (exact) mass is 391 g/mol. The SMILES string of the molecule is COc1ccc2c(NC(Cc3ccccc3)C(=O)O)nc(C(F)(F)F)nc2c1. The van der Waals surface area contributed by atoms with Gasteiger partial charge in [-0.3, -0.25) is 0 Å². The number of nitrogens with zero attached hydrogens (tertiary/aromatic N) is 2. The number of carboxylic acids is 1. The number of carboxylic acid groups (broad SMARTS) is 1. The number of benzene rings is 2. The fourth-order valence-corrected chi connectivity index (χ4v) is 2.69. The summed E-state index contributed by atoms with van der Waals surface area (Å²) in [4.78, 5) is 18.8. The second-order valence-corrected chi connectivity index (χ2v) is 6.00. The van der Waals surface area contributed by atoms with E-state index in [1.54, 1.807) is 30.3 Å². The summed E-state index contributed by atoms with van der Waals surface area (Å²) < 4.78 is 44.7. The number of methoxy groups -OCH3 is 1. The van der Waals surface area contributed by atoms with E-state index in [9.17, 15) is 23.1 Å². The van der Waals surface area contributed by atoms with Gasteiger partial charge in [0.1, 0.15) is 17.6 Å². The van der Waals surface area contributed by atoms with E-state index in [2.05, 4.69) is 15.3 Å². The second kappa shape index (κ2) is 7.71. The van der Waals surface area contributed by atoms with Gasteiger partial charge in [-0.2, -0.15) is 13.2 Å². The smallest absolute Gasteiger partial charge is 0.451 e. The first-order valence-electron chi connectivity index (χ1n) is 8.24. The van der Waals surface area contributed by atoms with E-state index in [-0.39, 0.29) is 23.1 Å². The average Bonchev–Trinajstić information content (AvgIpc) is 2.66. The molecule has 146 valence electrons. The molecule has 0 aliphatic carbocycles. The highest BCUT2D eigenvalue weighted by Crippen LogP contribution is 2.32.